The van der Waals surface area contributed by atoms with Gasteiger partial charge in [-0.3, -0.25) is 4.79 Å². The van der Waals surface area contributed by atoms with Crippen LogP contribution in [-0.4, -0.2) is 51.3 Å². The number of ether oxygens (including phenoxy) is 3. The number of benzene rings is 1. The fourth-order valence-corrected chi connectivity index (χ4v) is 7.34. The second kappa shape index (κ2) is 9.41. The van der Waals surface area contributed by atoms with Gasteiger partial charge in [0, 0.05) is 17.8 Å². The van der Waals surface area contributed by atoms with Gasteiger partial charge in [-0.05, 0) is 56.5 Å². The highest BCUT2D eigenvalue weighted by atomic mass is 28.4. The van der Waals surface area contributed by atoms with Gasteiger partial charge < -0.3 is 18.6 Å². The molecule has 2 bridgehead atoms. The minimum atomic E-state index is -2.25. The van der Waals surface area contributed by atoms with E-state index in [0.29, 0.717) is 12.0 Å². The molecule has 198 valence electrons. The third-order valence-electron chi connectivity index (χ3n) is 9.33. The molecule has 3 aliphatic rings. The second-order valence-corrected chi connectivity index (χ2v) is 17.5. The Labute approximate surface area is 216 Å². The first-order valence-electron chi connectivity index (χ1n) is 13.1. The molecule has 1 aromatic carbocycles. The quantitative estimate of drug-likeness (QED) is 0.261. The fraction of sp³-hybridized carbons (Fsp3) is 0.655. The maximum absolute atomic E-state index is 13.1. The van der Waals surface area contributed by atoms with Crippen molar-refractivity contribution in [2.75, 3.05) is 6.61 Å². The predicted octanol–water partition coefficient (Wildman–Crippen LogP) is 6.07. The topological polar surface area (TPSA) is 71.1 Å². The second-order valence-electron chi connectivity index (χ2n) is 12.7. The minimum absolute atomic E-state index is 0.0217. The number of hydrogen-bond donors (Lipinski definition) is 0. The Bertz CT molecular complexity index is 1030. The van der Waals surface area contributed by atoms with Crippen molar-refractivity contribution in [3.8, 4) is 0 Å². The minimum Gasteiger partial charge on any atom is -0.461 e. The van der Waals surface area contributed by atoms with Crippen molar-refractivity contribution >= 4 is 20.3 Å². The van der Waals surface area contributed by atoms with Crippen molar-refractivity contribution < 1.29 is 28.2 Å². The van der Waals surface area contributed by atoms with Crippen LogP contribution >= 0.6 is 0 Å². The van der Waals surface area contributed by atoms with Crippen LogP contribution in [0.4, 0.5) is 0 Å². The summed E-state index contributed by atoms with van der Waals surface area (Å²) in [6, 6.07) is 9.08. The van der Waals surface area contributed by atoms with Crippen LogP contribution in [0.3, 0.4) is 0 Å². The molecule has 2 fully saturated rings. The van der Waals surface area contributed by atoms with Crippen LogP contribution in [0.5, 0.6) is 0 Å². The van der Waals surface area contributed by atoms with Crippen LogP contribution in [0.2, 0.25) is 18.1 Å². The number of rotatable bonds is 6. The van der Waals surface area contributed by atoms with E-state index in [1.54, 1.807) is 12.1 Å². The Morgan fingerprint density at radius 2 is 1.83 bits per heavy atom. The normalized spacial score (nSPS) is 33.9. The monoisotopic (exact) mass is 514 g/mol. The Morgan fingerprint density at radius 3 is 2.44 bits per heavy atom. The highest BCUT2D eigenvalue weighted by molar-refractivity contribution is 6.74. The fourth-order valence-electron chi connectivity index (χ4n) is 5.99. The van der Waals surface area contributed by atoms with Crippen LogP contribution < -0.4 is 0 Å². The molecular formula is C29H42O6Si. The summed E-state index contributed by atoms with van der Waals surface area (Å²) in [5, 5.41) is -0.0217. The van der Waals surface area contributed by atoms with E-state index >= 15 is 0 Å². The van der Waals surface area contributed by atoms with Crippen molar-refractivity contribution in [1.29, 1.82) is 0 Å². The summed E-state index contributed by atoms with van der Waals surface area (Å²) >= 11 is 0. The third-order valence-corrected chi connectivity index (χ3v) is 13.8. The van der Waals surface area contributed by atoms with Crippen molar-refractivity contribution in [2.24, 2.45) is 10.8 Å². The summed E-state index contributed by atoms with van der Waals surface area (Å²) in [7, 11) is -2.25. The van der Waals surface area contributed by atoms with Crippen LogP contribution in [0, 0.1) is 10.8 Å². The first-order chi connectivity index (χ1) is 16.7. The van der Waals surface area contributed by atoms with Crippen molar-refractivity contribution in [3.05, 3.63) is 47.5 Å². The van der Waals surface area contributed by atoms with E-state index in [2.05, 4.69) is 53.8 Å². The summed E-state index contributed by atoms with van der Waals surface area (Å²) < 4.78 is 25.8. The molecule has 0 amide bonds. The molecule has 1 aromatic rings. The Hall–Kier alpha value is -1.96. The number of allylic oxidation sites excluding steroid dienone is 1. The molecule has 0 N–H and O–H groups in total. The van der Waals surface area contributed by atoms with Crippen molar-refractivity contribution in [1.82, 2.24) is 0 Å². The van der Waals surface area contributed by atoms with Crippen LogP contribution in [0.15, 0.2) is 42.0 Å². The molecule has 4 rings (SSSR count). The molecule has 1 aliphatic heterocycles. The lowest BCUT2D eigenvalue weighted by Gasteiger charge is -2.59. The molecule has 1 saturated carbocycles. The van der Waals surface area contributed by atoms with E-state index in [9.17, 15) is 9.59 Å². The lowest BCUT2D eigenvalue weighted by atomic mass is 9.54. The highest BCUT2D eigenvalue weighted by Gasteiger charge is 2.71. The molecule has 0 aromatic heterocycles. The number of hydrogen-bond acceptors (Lipinski definition) is 6. The average molecular weight is 515 g/mol. The molecule has 1 saturated heterocycles. The maximum Gasteiger partial charge on any atom is 0.338 e. The molecular weight excluding hydrogens is 472 g/mol. The molecule has 36 heavy (non-hydrogen) atoms. The van der Waals surface area contributed by atoms with Crippen molar-refractivity contribution in [3.63, 3.8) is 0 Å². The zero-order chi connectivity index (χ0) is 26.5. The van der Waals surface area contributed by atoms with Gasteiger partial charge in [0.25, 0.3) is 0 Å². The van der Waals surface area contributed by atoms with Gasteiger partial charge in [0.15, 0.2) is 8.32 Å². The highest BCUT2D eigenvalue weighted by Crippen LogP contribution is 2.64. The number of carbonyl (C=O) groups excluding carboxylic acids is 2. The summed E-state index contributed by atoms with van der Waals surface area (Å²) in [4.78, 5) is 25.2. The number of carbonyl (C=O) groups is 2. The molecule has 7 heteroatoms. The lowest BCUT2D eigenvalue weighted by Crippen LogP contribution is -2.65. The molecule has 6 nitrogen and oxygen atoms in total. The number of esters is 2. The molecule has 1 heterocycles. The van der Waals surface area contributed by atoms with Gasteiger partial charge in [-0.2, -0.15) is 0 Å². The van der Waals surface area contributed by atoms with E-state index in [-0.39, 0.29) is 41.2 Å². The van der Waals surface area contributed by atoms with Crippen LogP contribution in [-0.2, 0) is 23.4 Å². The van der Waals surface area contributed by atoms with Gasteiger partial charge in [-0.25, -0.2) is 4.79 Å². The first kappa shape index (κ1) is 27.1. The van der Waals surface area contributed by atoms with E-state index in [4.69, 9.17) is 18.6 Å². The van der Waals surface area contributed by atoms with E-state index in [1.165, 1.54) is 12.5 Å². The van der Waals surface area contributed by atoms with Gasteiger partial charge >= 0.3 is 11.9 Å². The largest absolute Gasteiger partial charge is 0.461 e. The van der Waals surface area contributed by atoms with Gasteiger partial charge in [-0.1, -0.05) is 57.5 Å². The molecule has 6 atom stereocenters. The van der Waals surface area contributed by atoms with Gasteiger partial charge in [-0.15, -0.1) is 0 Å². The summed E-state index contributed by atoms with van der Waals surface area (Å²) in [6.07, 6.45) is 3.20. The van der Waals surface area contributed by atoms with Gasteiger partial charge in [0.1, 0.15) is 18.8 Å². The third kappa shape index (κ3) is 4.59. The first-order valence-corrected chi connectivity index (χ1v) is 16.0. The van der Waals surface area contributed by atoms with E-state index < -0.39 is 25.9 Å². The molecule has 0 unspecified atom stereocenters. The zero-order valence-electron chi connectivity index (χ0n) is 23.1. The Balaban J connectivity index is 1.78. The van der Waals surface area contributed by atoms with Crippen molar-refractivity contribution in [2.45, 2.75) is 103 Å². The lowest BCUT2D eigenvalue weighted by molar-refractivity contribution is -0.227. The van der Waals surface area contributed by atoms with Crippen LogP contribution in [0.25, 0.3) is 0 Å². The molecule has 0 spiro atoms. The SMILES string of the molecule is CC(=O)O[C@@H]1C[C@@]2(COC(=O)c3ccccc3)[C@H](O[Si](C)(C)C(C)(C)C)[C@@H]1O[C@@H]1C=C(C)CC[C@@]12C. The van der Waals surface area contributed by atoms with Crippen LogP contribution in [0.1, 0.15) is 71.2 Å². The standard InChI is InChI=1S/C29H42O6Si/c1-19-14-15-28(6)23(16-19)34-24-22(33-20(2)30)17-29(28,25(24)35-36(7,8)27(3,4)5)18-32-26(31)21-12-10-9-11-13-21/h9-13,16,22-25H,14-15,17-18H2,1-8H3/t22-,23-,24-,25-,28+,29-/m1/s1. The average Bonchev–Trinajstić information content (AvgIpc) is 3.01. The number of fused-ring (bicyclic) bond motifs is 4. The molecule has 2 aliphatic carbocycles. The summed E-state index contributed by atoms with van der Waals surface area (Å²) in [6.45, 7) is 17.1. The van der Waals surface area contributed by atoms with Gasteiger partial charge in [0.2, 0.25) is 0 Å². The maximum atomic E-state index is 13.1. The van der Waals surface area contributed by atoms with E-state index in [1.807, 2.05) is 18.2 Å². The van der Waals surface area contributed by atoms with Gasteiger partial charge in [0.05, 0.1) is 17.8 Å². The summed E-state index contributed by atoms with van der Waals surface area (Å²) in [5.41, 5.74) is 0.913. The molecule has 0 radical (unpaired) electrons. The van der Waals surface area contributed by atoms with E-state index in [0.717, 1.165) is 12.8 Å². The summed E-state index contributed by atoms with van der Waals surface area (Å²) in [5.74, 6) is -0.684. The zero-order valence-corrected chi connectivity index (χ0v) is 24.1. The predicted molar refractivity (Wildman–Crippen MR) is 141 cm³/mol. The smallest absolute Gasteiger partial charge is 0.338 e. The Kier molecular flexibility index (Phi) is 7.08. The Morgan fingerprint density at radius 1 is 1.17 bits per heavy atom.